The van der Waals surface area contributed by atoms with Gasteiger partial charge in [-0.25, -0.2) is 0 Å². The Morgan fingerprint density at radius 2 is 1.76 bits per heavy atom. The summed E-state index contributed by atoms with van der Waals surface area (Å²) in [6.45, 7) is 4.54. The number of halogens is 3. The molecule has 1 aromatic carbocycles. The van der Waals surface area contributed by atoms with Crippen LogP contribution in [-0.4, -0.2) is 52.2 Å². The van der Waals surface area contributed by atoms with E-state index < -0.39 is 17.6 Å². The van der Waals surface area contributed by atoms with Gasteiger partial charge in [0, 0.05) is 51.1 Å². The average molecular weight is 512 g/mol. The fourth-order valence-electron chi connectivity index (χ4n) is 4.14. The Labute approximate surface area is 209 Å². The van der Waals surface area contributed by atoms with Crippen molar-refractivity contribution in [1.82, 2.24) is 20.1 Å². The maximum absolute atomic E-state index is 13.5. The molecule has 1 aliphatic rings. The van der Waals surface area contributed by atoms with Crippen LogP contribution in [0.15, 0.2) is 63.7 Å². The largest absolute Gasteiger partial charge is 0.451 e. The van der Waals surface area contributed by atoms with Crippen molar-refractivity contribution in [3.8, 4) is 11.3 Å². The van der Waals surface area contributed by atoms with E-state index in [1.54, 1.807) is 37.5 Å². The summed E-state index contributed by atoms with van der Waals surface area (Å²) in [5.74, 6) is 0.784. The minimum absolute atomic E-state index is 0.0187. The molecular formula is C25H23F3N6O3. The van der Waals surface area contributed by atoms with Gasteiger partial charge in [0.25, 0.3) is 5.91 Å². The highest BCUT2D eigenvalue weighted by Crippen LogP contribution is 2.36. The maximum atomic E-state index is 13.5. The van der Waals surface area contributed by atoms with Crippen molar-refractivity contribution in [2.24, 2.45) is 0 Å². The number of hydrogen-bond acceptors (Lipinski definition) is 8. The molecule has 0 unspecified atom stereocenters. The number of furan rings is 1. The van der Waals surface area contributed by atoms with Crippen molar-refractivity contribution in [3.63, 3.8) is 0 Å². The number of hydrogen-bond donors (Lipinski definition) is 1. The Kier molecular flexibility index (Phi) is 6.66. The lowest BCUT2D eigenvalue weighted by atomic mass is 10.1. The van der Waals surface area contributed by atoms with E-state index in [-0.39, 0.29) is 11.4 Å². The topological polar surface area (TPSA) is 101 Å². The smallest absolute Gasteiger partial charge is 0.416 e. The summed E-state index contributed by atoms with van der Waals surface area (Å²) in [7, 11) is 0. The molecule has 37 heavy (non-hydrogen) atoms. The zero-order chi connectivity index (χ0) is 26.0. The van der Waals surface area contributed by atoms with E-state index in [9.17, 15) is 18.0 Å². The van der Waals surface area contributed by atoms with Crippen LogP contribution in [0, 0.1) is 6.92 Å². The van der Waals surface area contributed by atoms with Crippen LogP contribution in [0.25, 0.3) is 11.3 Å². The first kappa shape index (κ1) is 24.5. The van der Waals surface area contributed by atoms with Gasteiger partial charge in [0.1, 0.15) is 5.76 Å². The minimum atomic E-state index is -4.56. The first-order chi connectivity index (χ1) is 17.8. The number of nitrogens with one attached hydrogen (secondary N) is 1. The number of aromatic nitrogens is 3. The van der Waals surface area contributed by atoms with E-state index in [1.165, 1.54) is 12.1 Å². The molecular weight excluding hydrogens is 489 g/mol. The van der Waals surface area contributed by atoms with E-state index in [0.29, 0.717) is 56.0 Å². The van der Waals surface area contributed by atoms with Crippen molar-refractivity contribution in [2.45, 2.75) is 19.6 Å². The number of anilines is 2. The third-order valence-electron chi connectivity index (χ3n) is 6.01. The quantitative estimate of drug-likeness (QED) is 0.399. The minimum Gasteiger partial charge on any atom is -0.451 e. The number of piperazine rings is 1. The predicted molar refractivity (Wildman–Crippen MR) is 128 cm³/mol. The van der Waals surface area contributed by atoms with Crippen molar-refractivity contribution >= 4 is 17.3 Å². The first-order valence-corrected chi connectivity index (χ1v) is 11.6. The van der Waals surface area contributed by atoms with Gasteiger partial charge in [-0.3, -0.25) is 14.7 Å². The van der Waals surface area contributed by atoms with Crippen LogP contribution in [-0.2, 0) is 12.7 Å². The lowest BCUT2D eigenvalue weighted by Gasteiger charge is -2.36. The van der Waals surface area contributed by atoms with Gasteiger partial charge in [-0.15, -0.1) is 10.2 Å². The predicted octanol–water partition coefficient (Wildman–Crippen LogP) is 4.63. The van der Waals surface area contributed by atoms with Crippen molar-refractivity contribution in [3.05, 3.63) is 78.0 Å². The molecule has 0 spiro atoms. The Hall–Kier alpha value is -4.19. The second-order valence-electron chi connectivity index (χ2n) is 8.56. The van der Waals surface area contributed by atoms with E-state index in [0.717, 1.165) is 17.7 Å². The number of carbonyl (C=O) groups is 1. The molecule has 1 saturated heterocycles. The van der Waals surface area contributed by atoms with E-state index in [1.807, 2.05) is 4.90 Å². The van der Waals surface area contributed by atoms with Gasteiger partial charge in [0.05, 0.1) is 23.5 Å². The maximum Gasteiger partial charge on any atom is 0.416 e. The fourth-order valence-corrected chi connectivity index (χ4v) is 4.14. The highest BCUT2D eigenvalue weighted by Gasteiger charge is 2.32. The molecule has 0 radical (unpaired) electrons. The van der Waals surface area contributed by atoms with Gasteiger partial charge in [-0.1, -0.05) is 0 Å². The monoisotopic (exact) mass is 512 g/mol. The van der Waals surface area contributed by atoms with Crippen molar-refractivity contribution in [1.29, 1.82) is 0 Å². The van der Waals surface area contributed by atoms with E-state index in [2.05, 4.69) is 25.4 Å². The van der Waals surface area contributed by atoms with Crippen molar-refractivity contribution < 1.29 is 26.8 Å². The number of alkyl halides is 3. The summed E-state index contributed by atoms with van der Waals surface area (Å²) >= 11 is 0. The highest BCUT2D eigenvalue weighted by atomic mass is 19.4. The summed E-state index contributed by atoms with van der Waals surface area (Å²) in [6.07, 6.45) is -1.37. The van der Waals surface area contributed by atoms with Crippen LogP contribution in [0.5, 0.6) is 0 Å². The van der Waals surface area contributed by atoms with Crippen molar-refractivity contribution in [2.75, 3.05) is 36.4 Å². The number of rotatable bonds is 6. The molecule has 4 heterocycles. The second-order valence-corrected chi connectivity index (χ2v) is 8.56. The van der Waals surface area contributed by atoms with Gasteiger partial charge in [0.2, 0.25) is 11.8 Å². The number of pyridine rings is 1. The van der Waals surface area contributed by atoms with Gasteiger partial charge >= 0.3 is 6.18 Å². The highest BCUT2D eigenvalue weighted by molar-refractivity contribution is 6.04. The third kappa shape index (κ3) is 5.64. The molecule has 12 heteroatoms. The average Bonchev–Trinajstić information content (AvgIpc) is 3.54. The van der Waals surface area contributed by atoms with Crippen LogP contribution in [0.3, 0.4) is 0 Å². The second kappa shape index (κ2) is 10.1. The molecule has 1 fully saturated rings. The summed E-state index contributed by atoms with van der Waals surface area (Å²) in [5, 5.41) is 10.5. The zero-order valence-corrected chi connectivity index (χ0v) is 19.8. The van der Waals surface area contributed by atoms with Gasteiger partial charge < -0.3 is 19.1 Å². The Morgan fingerprint density at radius 1 is 1.00 bits per heavy atom. The zero-order valence-electron chi connectivity index (χ0n) is 19.8. The van der Waals surface area contributed by atoms with Gasteiger partial charge in [-0.2, -0.15) is 13.2 Å². The molecule has 0 atom stereocenters. The van der Waals surface area contributed by atoms with Crippen LogP contribution in [0.2, 0.25) is 0 Å². The number of aryl methyl sites for hydroxylation is 1. The molecule has 1 aliphatic heterocycles. The first-order valence-electron chi connectivity index (χ1n) is 11.6. The molecule has 3 aromatic heterocycles. The molecule has 0 saturated carbocycles. The Bertz CT molecular complexity index is 1380. The molecule has 5 rings (SSSR count). The number of carbonyl (C=O) groups excluding carboxylic acids is 1. The Morgan fingerprint density at radius 3 is 2.43 bits per heavy atom. The van der Waals surface area contributed by atoms with E-state index in [4.69, 9.17) is 8.83 Å². The van der Waals surface area contributed by atoms with Crippen LogP contribution < -0.4 is 10.2 Å². The SMILES string of the molecule is Cc1nnc(CN2CCN(c3ccc(C(F)(F)F)cc3NC(=O)c3ccc(-c4ccncc4)o3)CC2)o1. The molecule has 0 bridgehead atoms. The standard InChI is InChI=1S/C25H23F3N6O3/c1-16-31-32-23(36-16)15-33-10-12-34(13-11-33)20-3-2-18(25(26,27)28)14-19(20)30-24(35)22-5-4-21(37-22)17-6-8-29-9-7-17/h2-9,14H,10-13,15H2,1H3,(H,30,35). The molecule has 4 aromatic rings. The third-order valence-corrected chi connectivity index (χ3v) is 6.01. The van der Waals surface area contributed by atoms with Gasteiger partial charge in [0.15, 0.2) is 5.76 Å². The van der Waals surface area contributed by atoms with Crippen LogP contribution in [0.1, 0.15) is 27.9 Å². The number of amides is 1. The summed E-state index contributed by atoms with van der Waals surface area (Å²) in [6, 6.07) is 9.92. The number of nitrogens with zero attached hydrogens (tertiary/aromatic N) is 5. The lowest BCUT2D eigenvalue weighted by molar-refractivity contribution is -0.137. The van der Waals surface area contributed by atoms with Gasteiger partial charge in [-0.05, 0) is 42.5 Å². The molecule has 1 amide bonds. The molecule has 0 aliphatic carbocycles. The normalized spacial score (nSPS) is 14.6. The Balaban J connectivity index is 1.33. The fraction of sp³-hybridized carbons (Fsp3) is 0.280. The molecule has 1 N–H and O–H groups in total. The lowest BCUT2D eigenvalue weighted by Crippen LogP contribution is -2.46. The molecule has 9 nitrogen and oxygen atoms in total. The van der Waals surface area contributed by atoms with Crippen LogP contribution >= 0.6 is 0 Å². The van der Waals surface area contributed by atoms with E-state index >= 15 is 0 Å². The molecule has 192 valence electrons. The summed E-state index contributed by atoms with van der Waals surface area (Å²) in [4.78, 5) is 21.0. The summed E-state index contributed by atoms with van der Waals surface area (Å²) < 4.78 is 51.5. The number of benzene rings is 1. The summed E-state index contributed by atoms with van der Waals surface area (Å²) in [5.41, 5.74) is 0.425. The van der Waals surface area contributed by atoms with Crippen LogP contribution in [0.4, 0.5) is 24.5 Å².